The lowest BCUT2D eigenvalue weighted by Crippen LogP contribution is -2.03. The third kappa shape index (κ3) is 3.08. The Morgan fingerprint density at radius 1 is 0.667 bits per heavy atom. The van der Waals surface area contributed by atoms with Gasteiger partial charge >= 0.3 is 5.63 Å². The van der Waals surface area contributed by atoms with Crippen molar-refractivity contribution in [3.05, 3.63) is 124 Å². The summed E-state index contributed by atoms with van der Waals surface area (Å²) in [4.78, 5) is 12.6. The molecule has 0 unspecified atom stereocenters. The molecule has 146 valence electrons. The summed E-state index contributed by atoms with van der Waals surface area (Å²) in [6, 6.07) is 30.5. The van der Waals surface area contributed by atoms with Crippen molar-refractivity contribution in [1.82, 2.24) is 0 Å². The summed E-state index contributed by atoms with van der Waals surface area (Å²) >= 11 is 0. The van der Waals surface area contributed by atoms with Gasteiger partial charge in [-0.15, -0.1) is 0 Å². The molecule has 4 heteroatoms. The van der Waals surface area contributed by atoms with E-state index in [1.165, 1.54) is 0 Å². The highest BCUT2D eigenvalue weighted by Gasteiger charge is 2.23. The molecule has 2 heterocycles. The molecule has 0 aliphatic carbocycles. The van der Waals surface area contributed by atoms with Crippen LogP contribution in [0, 0.1) is 0 Å². The van der Waals surface area contributed by atoms with Gasteiger partial charge in [0.05, 0.1) is 11.3 Å². The van der Waals surface area contributed by atoms with Crippen molar-refractivity contribution in [3.63, 3.8) is 0 Å². The Morgan fingerprint density at radius 3 is 1.93 bits per heavy atom. The van der Waals surface area contributed by atoms with Crippen molar-refractivity contribution in [2.45, 2.75) is 5.92 Å². The van der Waals surface area contributed by atoms with Crippen LogP contribution in [0.2, 0.25) is 0 Å². The zero-order valence-corrected chi connectivity index (χ0v) is 16.0. The zero-order chi connectivity index (χ0) is 20.5. The number of aromatic hydroxyl groups is 1. The third-order valence-corrected chi connectivity index (χ3v) is 5.21. The van der Waals surface area contributed by atoms with Crippen molar-refractivity contribution in [2.75, 3.05) is 0 Å². The first-order chi connectivity index (χ1) is 14.7. The molecule has 0 fully saturated rings. The molecule has 0 spiro atoms. The Kier molecular flexibility index (Phi) is 4.45. The molecule has 4 nitrogen and oxygen atoms in total. The van der Waals surface area contributed by atoms with Crippen molar-refractivity contribution >= 4 is 11.0 Å². The monoisotopic (exact) mass is 394 g/mol. The minimum absolute atomic E-state index is 0.0276. The molecule has 2 aromatic heterocycles. The first-order valence-electron chi connectivity index (χ1n) is 9.67. The van der Waals surface area contributed by atoms with Crippen molar-refractivity contribution < 1.29 is 13.9 Å². The molecule has 0 aliphatic heterocycles. The van der Waals surface area contributed by atoms with Crippen LogP contribution in [0.1, 0.15) is 22.8 Å². The van der Waals surface area contributed by atoms with Gasteiger partial charge in [0, 0.05) is 0 Å². The molecule has 0 atom stereocenters. The summed E-state index contributed by atoms with van der Waals surface area (Å²) in [6.07, 6.45) is 0. The van der Waals surface area contributed by atoms with Gasteiger partial charge in [-0.1, -0.05) is 72.8 Å². The van der Waals surface area contributed by atoms with Gasteiger partial charge in [-0.3, -0.25) is 0 Å². The van der Waals surface area contributed by atoms with E-state index in [2.05, 4.69) is 0 Å². The second-order valence-corrected chi connectivity index (χ2v) is 7.07. The number of para-hydroxylation sites is 1. The molecule has 0 aliphatic rings. The van der Waals surface area contributed by atoms with Gasteiger partial charge < -0.3 is 13.9 Å². The van der Waals surface area contributed by atoms with Crippen molar-refractivity contribution in [2.24, 2.45) is 0 Å². The number of hydrogen-bond donors (Lipinski definition) is 1. The predicted octanol–water partition coefficient (Wildman–Crippen LogP) is 5.94. The summed E-state index contributed by atoms with van der Waals surface area (Å²) in [7, 11) is 0. The predicted molar refractivity (Wildman–Crippen MR) is 116 cm³/mol. The summed E-state index contributed by atoms with van der Waals surface area (Å²) < 4.78 is 11.5. The second kappa shape index (κ2) is 7.41. The molecule has 30 heavy (non-hydrogen) atoms. The Bertz CT molecular complexity index is 1330. The fourth-order valence-electron chi connectivity index (χ4n) is 3.81. The Labute approximate surface area is 172 Å². The van der Waals surface area contributed by atoms with Gasteiger partial charge in [0.2, 0.25) is 0 Å². The van der Waals surface area contributed by atoms with Gasteiger partial charge in [-0.2, -0.15) is 0 Å². The SMILES string of the molecule is O=c1oc2ccccc2c(O)c1-c1ccc(C(c2ccccc2)c2ccccc2)o1. The first-order valence-corrected chi connectivity index (χ1v) is 9.67. The van der Waals surface area contributed by atoms with Crippen LogP contribution in [0.4, 0.5) is 0 Å². The van der Waals surface area contributed by atoms with E-state index >= 15 is 0 Å². The van der Waals surface area contributed by atoms with Gasteiger partial charge in [0.15, 0.2) is 0 Å². The Morgan fingerprint density at radius 2 is 1.27 bits per heavy atom. The maximum absolute atomic E-state index is 12.6. The van der Waals surface area contributed by atoms with E-state index in [0.29, 0.717) is 16.7 Å². The van der Waals surface area contributed by atoms with Crippen LogP contribution in [0.25, 0.3) is 22.3 Å². The molecule has 1 N–H and O–H groups in total. The van der Waals surface area contributed by atoms with Crippen LogP contribution in [0.15, 0.2) is 111 Å². The molecule has 3 aromatic carbocycles. The third-order valence-electron chi connectivity index (χ3n) is 5.21. The highest BCUT2D eigenvalue weighted by atomic mass is 16.4. The molecule has 0 amide bonds. The number of rotatable bonds is 4. The number of hydrogen-bond acceptors (Lipinski definition) is 4. The minimum atomic E-state index is -0.636. The van der Waals surface area contributed by atoms with E-state index in [9.17, 15) is 9.90 Å². The quantitative estimate of drug-likeness (QED) is 0.383. The lowest BCUT2D eigenvalue weighted by atomic mass is 9.89. The molecule has 0 radical (unpaired) electrons. The highest BCUT2D eigenvalue weighted by Crippen LogP contribution is 2.38. The largest absolute Gasteiger partial charge is 0.506 e. The van der Waals surface area contributed by atoms with Gasteiger partial charge in [0.1, 0.15) is 28.4 Å². The number of fused-ring (bicyclic) bond motifs is 1. The average Bonchev–Trinajstić information content (AvgIpc) is 3.24. The van der Waals surface area contributed by atoms with Gasteiger partial charge in [-0.25, -0.2) is 4.79 Å². The lowest BCUT2D eigenvalue weighted by Gasteiger charge is -2.16. The maximum Gasteiger partial charge on any atom is 0.351 e. The lowest BCUT2D eigenvalue weighted by molar-refractivity contribution is 0.461. The Hall–Kier alpha value is -4.05. The van der Waals surface area contributed by atoms with Crippen LogP contribution in [-0.2, 0) is 0 Å². The van der Waals surface area contributed by atoms with E-state index in [0.717, 1.165) is 11.1 Å². The number of furan rings is 1. The first kappa shape index (κ1) is 18.0. The normalized spacial score (nSPS) is 11.2. The summed E-state index contributed by atoms with van der Waals surface area (Å²) in [5.74, 6) is 0.669. The topological polar surface area (TPSA) is 63.6 Å². The molecule has 5 aromatic rings. The van der Waals surface area contributed by atoms with Crippen LogP contribution >= 0.6 is 0 Å². The van der Waals surface area contributed by atoms with Crippen LogP contribution in [0.3, 0.4) is 0 Å². The molecular formula is C26H18O4. The molecular weight excluding hydrogens is 376 g/mol. The molecule has 0 saturated carbocycles. The highest BCUT2D eigenvalue weighted by molar-refractivity contribution is 5.89. The zero-order valence-electron chi connectivity index (χ0n) is 16.0. The Balaban J connectivity index is 1.66. The van der Waals surface area contributed by atoms with Gasteiger partial charge in [-0.05, 0) is 35.4 Å². The molecule has 0 bridgehead atoms. The van der Waals surface area contributed by atoms with Gasteiger partial charge in [0.25, 0.3) is 0 Å². The summed E-state index contributed by atoms with van der Waals surface area (Å²) in [6.45, 7) is 0. The second-order valence-electron chi connectivity index (χ2n) is 7.07. The average molecular weight is 394 g/mol. The van der Waals surface area contributed by atoms with E-state index in [1.54, 1.807) is 30.3 Å². The standard InChI is InChI=1S/C26H18O4/c27-25-19-13-7-8-14-20(19)30-26(28)24(25)22-16-15-21(29-22)23(17-9-3-1-4-10-17)18-11-5-2-6-12-18/h1-16,23,27H. The van der Waals surface area contributed by atoms with E-state index in [1.807, 2.05) is 66.7 Å². The van der Waals surface area contributed by atoms with E-state index in [4.69, 9.17) is 8.83 Å². The molecule has 5 rings (SSSR count). The fraction of sp³-hybridized carbons (Fsp3) is 0.0385. The van der Waals surface area contributed by atoms with Crippen LogP contribution in [-0.4, -0.2) is 5.11 Å². The summed E-state index contributed by atoms with van der Waals surface area (Å²) in [5.41, 5.74) is 1.86. The van der Waals surface area contributed by atoms with E-state index in [-0.39, 0.29) is 23.0 Å². The van der Waals surface area contributed by atoms with Crippen LogP contribution < -0.4 is 5.63 Å². The van der Waals surface area contributed by atoms with Crippen molar-refractivity contribution in [1.29, 1.82) is 0 Å². The van der Waals surface area contributed by atoms with E-state index < -0.39 is 5.63 Å². The summed E-state index contributed by atoms with van der Waals surface area (Å²) in [5, 5.41) is 11.2. The smallest absolute Gasteiger partial charge is 0.351 e. The van der Waals surface area contributed by atoms with Crippen molar-refractivity contribution in [3.8, 4) is 17.1 Å². The number of benzene rings is 3. The minimum Gasteiger partial charge on any atom is -0.506 e. The van der Waals surface area contributed by atoms with Crippen LogP contribution in [0.5, 0.6) is 5.75 Å². The fourth-order valence-corrected chi connectivity index (χ4v) is 3.81. The molecule has 0 saturated heterocycles. The maximum atomic E-state index is 12.6.